The number of hydrogen-bond donors (Lipinski definition) is 0. The van der Waals surface area contributed by atoms with Gasteiger partial charge in [0.15, 0.2) is 0 Å². The van der Waals surface area contributed by atoms with E-state index in [1.807, 2.05) is 13.8 Å². The van der Waals surface area contributed by atoms with Crippen molar-refractivity contribution in [3.8, 4) is 0 Å². The van der Waals surface area contributed by atoms with E-state index < -0.39 is 0 Å². The van der Waals surface area contributed by atoms with Crippen LogP contribution in [0, 0.1) is 5.41 Å². The van der Waals surface area contributed by atoms with Gasteiger partial charge in [0.05, 0.1) is 0 Å². The first-order valence-electron chi connectivity index (χ1n) is 5.34. The predicted octanol–water partition coefficient (Wildman–Crippen LogP) is 4.60. The summed E-state index contributed by atoms with van der Waals surface area (Å²) in [6, 6.07) is 6.64. The fourth-order valence-corrected chi connectivity index (χ4v) is 2.43. The summed E-state index contributed by atoms with van der Waals surface area (Å²) in [5.41, 5.74) is 3.53. The van der Waals surface area contributed by atoms with E-state index in [0.29, 0.717) is 5.41 Å². The van der Waals surface area contributed by atoms with E-state index in [0.717, 1.165) is 0 Å². The summed E-state index contributed by atoms with van der Waals surface area (Å²) in [6.45, 7) is 8.67. The van der Waals surface area contributed by atoms with Crippen molar-refractivity contribution < 1.29 is 0 Å². The number of hydrogen-bond acceptors (Lipinski definition) is 0. The van der Waals surface area contributed by atoms with E-state index in [9.17, 15) is 0 Å². The van der Waals surface area contributed by atoms with Crippen LogP contribution in [0.15, 0.2) is 22.7 Å². The van der Waals surface area contributed by atoms with E-state index >= 15 is 0 Å². The Labute approximate surface area is 95.9 Å². The number of halogens is 1. The van der Waals surface area contributed by atoms with Crippen molar-refractivity contribution in [1.82, 2.24) is 0 Å². The Morgan fingerprint density at radius 3 is 2.29 bits per heavy atom. The molecule has 1 aliphatic carbocycles. The zero-order chi connectivity index (χ0) is 10.8. The quantitative estimate of drug-likeness (QED) is 0.635. The molecule has 1 heteroatoms. The largest absolute Gasteiger partial charge is 0.0683 e. The minimum Gasteiger partial charge on any atom is -0.0683 e. The Balaban J connectivity index is 0.000000461. The highest BCUT2D eigenvalue weighted by molar-refractivity contribution is 9.10. The third-order valence-corrected chi connectivity index (χ3v) is 3.00. The van der Waals surface area contributed by atoms with Crippen LogP contribution in [0.5, 0.6) is 0 Å². The SMILES string of the molecule is CC.CC1(C)Cc2ccc(Br)cc2C1. The van der Waals surface area contributed by atoms with Crippen LogP contribution in [0.3, 0.4) is 0 Å². The minimum absolute atomic E-state index is 0.475. The third-order valence-electron chi connectivity index (χ3n) is 2.51. The van der Waals surface area contributed by atoms with Gasteiger partial charge in [-0.25, -0.2) is 0 Å². The van der Waals surface area contributed by atoms with Gasteiger partial charge in [0.25, 0.3) is 0 Å². The van der Waals surface area contributed by atoms with Crippen molar-refractivity contribution >= 4 is 15.9 Å². The highest BCUT2D eigenvalue weighted by Crippen LogP contribution is 2.36. The Morgan fingerprint density at radius 2 is 1.64 bits per heavy atom. The lowest BCUT2D eigenvalue weighted by Crippen LogP contribution is -2.09. The Morgan fingerprint density at radius 1 is 1.07 bits per heavy atom. The lowest BCUT2D eigenvalue weighted by Gasteiger charge is -2.14. The molecule has 0 heterocycles. The van der Waals surface area contributed by atoms with Gasteiger partial charge in [-0.1, -0.05) is 49.7 Å². The maximum atomic E-state index is 3.50. The summed E-state index contributed by atoms with van der Waals surface area (Å²) in [7, 11) is 0. The molecule has 0 spiro atoms. The Kier molecular flexibility index (Phi) is 3.77. The van der Waals surface area contributed by atoms with E-state index in [2.05, 4.69) is 48.0 Å². The highest BCUT2D eigenvalue weighted by atomic mass is 79.9. The number of rotatable bonds is 0. The zero-order valence-corrected chi connectivity index (χ0v) is 11.1. The first-order valence-corrected chi connectivity index (χ1v) is 6.13. The highest BCUT2D eigenvalue weighted by Gasteiger charge is 2.27. The molecule has 0 fully saturated rings. The van der Waals surface area contributed by atoms with Crippen molar-refractivity contribution in [2.75, 3.05) is 0 Å². The molecule has 78 valence electrons. The van der Waals surface area contributed by atoms with Gasteiger partial charge < -0.3 is 0 Å². The molecule has 0 saturated heterocycles. The molecule has 0 unspecified atom stereocenters. The van der Waals surface area contributed by atoms with E-state index in [1.54, 1.807) is 0 Å². The topological polar surface area (TPSA) is 0 Å². The summed E-state index contributed by atoms with van der Waals surface area (Å²) >= 11 is 3.50. The molecule has 1 aliphatic rings. The normalized spacial score (nSPS) is 16.9. The monoisotopic (exact) mass is 254 g/mol. The minimum atomic E-state index is 0.475. The first-order chi connectivity index (χ1) is 6.57. The van der Waals surface area contributed by atoms with Gasteiger partial charge in [0.1, 0.15) is 0 Å². The molecule has 14 heavy (non-hydrogen) atoms. The van der Waals surface area contributed by atoms with E-state index in [-0.39, 0.29) is 0 Å². The van der Waals surface area contributed by atoms with Gasteiger partial charge in [-0.2, -0.15) is 0 Å². The fourth-order valence-electron chi connectivity index (χ4n) is 2.03. The van der Waals surface area contributed by atoms with Crippen LogP contribution in [0.25, 0.3) is 0 Å². The second-order valence-electron chi connectivity index (χ2n) is 4.43. The molecule has 0 aliphatic heterocycles. The van der Waals surface area contributed by atoms with Crippen LogP contribution >= 0.6 is 15.9 Å². The second kappa shape index (κ2) is 4.48. The van der Waals surface area contributed by atoms with Gasteiger partial charge in [0, 0.05) is 4.47 Å². The molecule has 1 aromatic rings. The Bertz CT molecular complexity index is 313. The van der Waals surface area contributed by atoms with Crippen LogP contribution < -0.4 is 0 Å². The van der Waals surface area contributed by atoms with E-state index in [4.69, 9.17) is 0 Å². The first kappa shape index (κ1) is 11.8. The maximum absolute atomic E-state index is 3.50. The fraction of sp³-hybridized carbons (Fsp3) is 0.538. The van der Waals surface area contributed by atoms with Crippen molar-refractivity contribution in [2.24, 2.45) is 5.41 Å². The summed E-state index contributed by atoms with van der Waals surface area (Å²) in [4.78, 5) is 0. The summed E-state index contributed by atoms with van der Waals surface area (Å²) < 4.78 is 1.21. The van der Waals surface area contributed by atoms with Gasteiger partial charge in [-0.05, 0) is 41.5 Å². The summed E-state index contributed by atoms with van der Waals surface area (Å²) in [5, 5.41) is 0. The van der Waals surface area contributed by atoms with Crippen LogP contribution in [0.4, 0.5) is 0 Å². The smallest absolute Gasteiger partial charge is 0.0178 e. The van der Waals surface area contributed by atoms with Crippen LogP contribution in [0.1, 0.15) is 38.8 Å². The molecule has 0 atom stereocenters. The zero-order valence-electron chi connectivity index (χ0n) is 9.52. The van der Waals surface area contributed by atoms with Crippen LogP contribution in [0.2, 0.25) is 0 Å². The molecule has 0 nitrogen and oxygen atoms in total. The van der Waals surface area contributed by atoms with Gasteiger partial charge in [-0.15, -0.1) is 0 Å². The van der Waals surface area contributed by atoms with Crippen molar-refractivity contribution in [3.05, 3.63) is 33.8 Å². The van der Waals surface area contributed by atoms with Crippen molar-refractivity contribution in [2.45, 2.75) is 40.5 Å². The number of fused-ring (bicyclic) bond motifs is 1. The van der Waals surface area contributed by atoms with Crippen molar-refractivity contribution in [1.29, 1.82) is 0 Å². The molecule has 0 saturated carbocycles. The maximum Gasteiger partial charge on any atom is 0.0178 e. The lowest BCUT2D eigenvalue weighted by molar-refractivity contribution is 0.392. The molecule has 0 aromatic heterocycles. The Hall–Kier alpha value is -0.300. The molecular weight excluding hydrogens is 236 g/mol. The molecule has 0 amide bonds. The standard InChI is InChI=1S/C11H13Br.C2H6/c1-11(2)6-8-3-4-10(12)5-9(8)7-11;1-2/h3-5H,6-7H2,1-2H3;1-2H3. The van der Waals surface area contributed by atoms with Gasteiger partial charge in [-0.3, -0.25) is 0 Å². The molecule has 0 radical (unpaired) electrons. The predicted molar refractivity (Wildman–Crippen MR) is 66.7 cm³/mol. The third kappa shape index (κ3) is 2.60. The molecule has 2 rings (SSSR count). The molecular formula is C13H19Br. The second-order valence-corrected chi connectivity index (χ2v) is 5.35. The van der Waals surface area contributed by atoms with Crippen LogP contribution in [-0.2, 0) is 12.8 Å². The summed E-state index contributed by atoms with van der Waals surface area (Å²) in [6.07, 6.45) is 2.46. The summed E-state index contributed by atoms with van der Waals surface area (Å²) in [5.74, 6) is 0. The molecule has 0 bridgehead atoms. The van der Waals surface area contributed by atoms with Gasteiger partial charge >= 0.3 is 0 Å². The molecule has 1 aromatic carbocycles. The van der Waals surface area contributed by atoms with Crippen LogP contribution in [-0.4, -0.2) is 0 Å². The average molecular weight is 255 g/mol. The molecule has 0 N–H and O–H groups in total. The average Bonchev–Trinajstić information content (AvgIpc) is 2.41. The van der Waals surface area contributed by atoms with E-state index in [1.165, 1.54) is 28.4 Å². The lowest BCUT2D eigenvalue weighted by atomic mass is 9.90. The van der Waals surface area contributed by atoms with Gasteiger partial charge in [0.2, 0.25) is 0 Å². The van der Waals surface area contributed by atoms with Crippen molar-refractivity contribution in [3.63, 3.8) is 0 Å². The number of benzene rings is 1.